The summed E-state index contributed by atoms with van der Waals surface area (Å²) < 4.78 is 41.8. The Balaban J connectivity index is 1.80. The van der Waals surface area contributed by atoms with Gasteiger partial charge in [0.1, 0.15) is 0 Å². The Morgan fingerprint density at radius 1 is 1.12 bits per heavy atom. The van der Waals surface area contributed by atoms with Crippen molar-refractivity contribution in [2.24, 2.45) is 0 Å². The van der Waals surface area contributed by atoms with Crippen LogP contribution in [0.1, 0.15) is 25.7 Å². The van der Waals surface area contributed by atoms with Crippen molar-refractivity contribution in [1.29, 1.82) is 0 Å². The largest absolute Gasteiger partial charge is 0.408 e. The number of hydrogen-bond donors (Lipinski definition) is 0. The van der Waals surface area contributed by atoms with Crippen LogP contribution in [0.4, 0.5) is 6.01 Å². The first-order valence-corrected chi connectivity index (χ1v) is 9.68. The summed E-state index contributed by atoms with van der Waals surface area (Å²) in [7, 11) is -1.73. The first kappa shape index (κ1) is 19.1. The molecular weight excluding hydrogens is 336 g/mol. The van der Waals surface area contributed by atoms with Gasteiger partial charge in [0.15, 0.2) is 0 Å². The molecule has 0 spiro atoms. The fraction of sp³-hybridized carbons (Fsp3) is 0.857. The monoisotopic (exact) mass is 362 g/mol. The standard InChI is InChI=1S/C14H26N4O5S/c1-12(2)13-15-16-14(23-13)17-4-6-18(7-5-17)24(19,20)11-10-22-9-8-21-3/h12H,4-11H2,1-3H3. The van der Waals surface area contributed by atoms with Crippen LogP contribution >= 0.6 is 0 Å². The predicted octanol–water partition coefficient (Wildman–Crippen LogP) is 0.308. The molecule has 1 aliphatic heterocycles. The Hall–Kier alpha value is -1.23. The first-order valence-electron chi connectivity index (χ1n) is 8.07. The van der Waals surface area contributed by atoms with Crippen LogP contribution in [0.3, 0.4) is 0 Å². The zero-order valence-electron chi connectivity index (χ0n) is 14.5. The Morgan fingerprint density at radius 3 is 2.42 bits per heavy atom. The minimum Gasteiger partial charge on any atom is -0.408 e. The summed E-state index contributed by atoms with van der Waals surface area (Å²) in [5.74, 6) is 0.744. The molecule has 9 nitrogen and oxygen atoms in total. The number of anilines is 1. The van der Waals surface area contributed by atoms with Crippen molar-refractivity contribution in [2.75, 3.05) is 63.8 Å². The van der Waals surface area contributed by atoms with Crippen molar-refractivity contribution in [3.63, 3.8) is 0 Å². The van der Waals surface area contributed by atoms with E-state index in [0.29, 0.717) is 51.3 Å². The van der Waals surface area contributed by atoms with Crippen LogP contribution in [-0.2, 0) is 19.5 Å². The van der Waals surface area contributed by atoms with E-state index in [0.717, 1.165) is 0 Å². The van der Waals surface area contributed by atoms with Gasteiger partial charge in [0.25, 0.3) is 0 Å². The molecule has 1 fully saturated rings. The lowest BCUT2D eigenvalue weighted by Crippen LogP contribution is -2.49. The van der Waals surface area contributed by atoms with E-state index in [9.17, 15) is 8.42 Å². The molecule has 0 N–H and O–H groups in total. The summed E-state index contributed by atoms with van der Waals surface area (Å²) in [5.41, 5.74) is 0. The Morgan fingerprint density at radius 2 is 1.83 bits per heavy atom. The van der Waals surface area contributed by atoms with Gasteiger partial charge in [0, 0.05) is 39.2 Å². The van der Waals surface area contributed by atoms with E-state index < -0.39 is 10.0 Å². The lowest BCUT2D eigenvalue weighted by atomic mass is 10.2. The number of sulfonamides is 1. The van der Waals surface area contributed by atoms with Gasteiger partial charge in [-0.1, -0.05) is 18.9 Å². The van der Waals surface area contributed by atoms with Crippen LogP contribution in [-0.4, -0.2) is 81.8 Å². The van der Waals surface area contributed by atoms with Crippen molar-refractivity contribution >= 4 is 16.0 Å². The van der Waals surface area contributed by atoms with Gasteiger partial charge in [-0.05, 0) is 0 Å². The molecule has 0 amide bonds. The highest BCUT2D eigenvalue weighted by atomic mass is 32.2. The maximum absolute atomic E-state index is 12.3. The van der Waals surface area contributed by atoms with Crippen LogP contribution < -0.4 is 4.90 Å². The molecular formula is C14H26N4O5S. The van der Waals surface area contributed by atoms with Gasteiger partial charge in [0.05, 0.1) is 25.6 Å². The summed E-state index contributed by atoms with van der Waals surface area (Å²) in [4.78, 5) is 1.92. The Kier molecular flexibility index (Phi) is 6.96. The molecule has 10 heteroatoms. The topological polar surface area (TPSA) is 98.0 Å². The quantitative estimate of drug-likeness (QED) is 0.579. The molecule has 24 heavy (non-hydrogen) atoms. The molecule has 0 bridgehead atoms. The molecule has 0 unspecified atom stereocenters. The number of hydrogen-bond acceptors (Lipinski definition) is 8. The maximum atomic E-state index is 12.3. The third-order valence-electron chi connectivity index (χ3n) is 3.74. The highest BCUT2D eigenvalue weighted by Gasteiger charge is 2.28. The van der Waals surface area contributed by atoms with E-state index in [2.05, 4.69) is 10.2 Å². The first-order chi connectivity index (χ1) is 11.4. The minimum absolute atomic E-state index is 0.0191. The number of piperazine rings is 1. The van der Waals surface area contributed by atoms with Gasteiger partial charge in [-0.25, -0.2) is 8.42 Å². The lowest BCUT2D eigenvalue weighted by molar-refractivity contribution is 0.0781. The molecule has 0 aliphatic carbocycles. The Bertz CT molecular complexity index is 596. The fourth-order valence-electron chi connectivity index (χ4n) is 2.28. The average Bonchev–Trinajstić information content (AvgIpc) is 3.05. The third kappa shape index (κ3) is 5.13. The number of aromatic nitrogens is 2. The summed E-state index contributed by atoms with van der Waals surface area (Å²) in [6, 6.07) is 0.457. The van der Waals surface area contributed by atoms with Crippen molar-refractivity contribution in [3.05, 3.63) is 5.89 Å². The van der Waals surface area contributed by atoms with Gasteiger partial charge >= 0.3 is 6.01 Å². The molecule has 2 rings (SSSR count). The van der Waals surface area contributed by atoms with Crippen LogP contribution in [0.15, 0.2) is 4.42 Å². The molecule has 0 atom stereocenters. The molecule has 1 aliphatic rings. The summed E-state index contributed by atoms with van der Waals surface area (Å²) in [6.45, 7) is 6.86. The van der Waals surface area contributed by atoms with Gasteiger partial charge in [-0.2, -0.15) is 4.31 Å². The van der Waals surface area contributed by atoms with Crippen molar-refractivity contribution in [1.82, 2.24) is 14.5 Å². The molecule has 1 saturated heterocycles. The minimum atomic E-state index is -3.31. The molecule has 0 saturated carbocycles. The predicted molar refractivity (Wildman–Crippen MR) is 88.7 cm³/mol. The summed E-state index contributed by atoms with van der Waals surface area (Å²) >= 11 is 0. The summed E-state index contributed by atoms with van der Waals surface area (Å²) in [5, 5.41) is 8.04. The highest BCUT2D eigenvalue weighted by molar-refractivity contribution is 7.89. The van der Waals surface area contributed by atoms with Gasteiger partial charge in [-0.3, -0.25) is 0 Å². The molecule has 138 valence electrons. The van der Waals surface area contributed by atoms with E-state index in [-0.39, 0.29) is 18.3 Å². The van der Waals surface area contributed by atoms with Gasteiger partial charge < -0.3 is 18.8 Å². The number of ether oxygens (including phenoxy) is 2. The zero-order valence-corrected chi connectivity index (χ0v) is 15.3. The van der Waals surface area contributed by atoms with Crippen molar-refractivity contribution in [3.8, 4) is 0 Å². The van der Waals surface area contributed by atoms with E-state index in [1.165, 1.54) is 4.31 Å². The number of nitrogens with zero attached hydrogens (tertiary/aromatic N) is 4. The van der Waals surface area contributed by atoms with E-state index >= 15 is 0 Å². The van der Waals surface area contributed by atoms with Crippen LogP contribution in [0, 0.1) is 0 Å². The molecule has 0 aromatic carbocycles. The third-order valence-corrected chi connectivity index (χ3v) is 5.58. The molecule has 2 heterocycles. The zero-order chi connectivity index (χ0) is 17.6. The molecule has 0 radical (unpaired) electrons. The van der Waals surface area contributed by atoms with Gasteiger partial charge in [-0.15, -0.1) is 5.10 Å². The second kappa shape index (κ2) is 8.75. The van der Waals surface area contributed by atoms with Crippen LogP contribution in [0.5, 0.6) is 0 Å². The average molecular weight is 362 g/mol. The second-order valence-electron chi connectivity index (χ2n) is 5.88. The van der Waals surface area contributed by atoms with Crippen molar-refractivity contribution in [2.45, 2.75) is 19.8 Å². The van der Waals surface area contributed by atoms with Crippen molar-refractivity contribution < 1.29 is 22.3 Å². The van der Waals surface area contributed by atoms with Crippen LogP contribution in [0.2, 0.25) is 0 Å². The molecule has 1 aromatic heterocycles. The summed E-state index contributed by atoms with van der Waals surface area (Å²) in [6.07, 6.45) is 0. The SMILES string of the molecule is COCCOCCS(=O)(=O)N1CCN(c2nnc(C(C)C)o2)CC1. The van der Waals surface area contributed by atoms with Gasteiger partial charge in [0.2, 0.25) is 15.9 Å². The highest BCUT2D eigenvalue weighted by Crippen LogP contribution is 2.20. The fourth-order valence-corrected chi connectivity index (χ4v) is 3.59. The number of rotatable bonds is 9. The number of methoxy groups -OCH3 is 1. The van der Waals surface area contributed by atoms with E-state index in [1.807, 2.05) is 18.7 Å². The smallest absolute Gasteiger partial charge is 0.318 e. The molecule has 1 aromatic rings. The lowest BCUT2D eigenvalue weighted by Gasteiger charge is -2.32. The van der Waals surface area contributed by atoms with E-state index in [1.54, 1.807) is 7.11 Å². The maximum Gasteiger partial charge on any atom is 0.318 e. The van der Waals surface area contributed by atoms with E-state index in [4.69, 9.17) is 13.9 Å². The normalized spacial score (nSPS) is 16.9. The second-order valence-corrected chi connectivity index (χ2v) is 7.97. The Labute approximate surface area is 143 Å². The van der Waals surface area contributed by atoms with Crippen LogP contribution in [0.25, 0.3) is 0 Å².